The van der Waals surface area contributed by atoms with Crippen molar-refractivity contribution in [2.24, 2.45) is 17.6 Å². The van der Waals surface area contributed by atoms with Crippen LogP contribution in [-0.2, 0) is 25.6 Å². The summed E-state index contributed by atoms with van der Waals surface area (Å²) in [5, 5.41) is 29.0. The van der Waals surface area contributed by atoms with Crippen LogP contribution in [0.5, 0.6) is 0 Å². The standard InChI is InChI=1S/C33H41N5O6S/c1-15-19(5-7-29(39)40)25(35-22(15)11-24-17(3)21(9-10-34)33(44)37-24)13-26-20(6-8-30(41)42)16(2)23(36-26)12-27-31(28-14-45-28)18(4)32(43)38-27/h9-10,12-13,18,22,24,28,31,35-36H,5-8,11,14,34H2,1-4H3,(H,37,44)(H,38,43)(H,39,40)(H,41,42)/b10-9+,25-13-,27-12-/t18-,22?,24-,28+,31-/m1/s1. The molecule has 0 aromatic carbocycles. The Bertz CT molecular complexity index is 1590. The molecule has 4 aliphatic rings. The minimum Gasteiger partial charge on any atom is -0.481 e. The minimum absolute atomic E-state index is 0.0102. The van der Waals surface area contributed by atoms with Crippen molar-refractivity contribution in [3.05, 3.63) is 68.5 Å². The van der Waals surface area contributed by atoms with E-state index in [1.54, 1.807) is 6.08 Å². The highest BCUT2D eigenvalue weighted by molar-refractivity contribution is 8.06. The number of nitrogens with one attached hydrogen (secondary N) is 4. The number of carboxylic acid groups (broad SMARTS) is 2. The number of H-pyrrole nitrogens is 1. The molecule has 0 saturated carbocycles. The Balaban J connectivity index is 1.50. The molecule has 1 aromatic rings. The van der Waals surface area contributed by atoms with Crippen LogP contribution >= 0.6 is 11.8 Å². The Labute approximate surface area is 266 Å². The summed E-state index contributed by atoms with van der Waals surface area (Å²) < 4.78 is 0. The molecule has 240 valence electrons. The van der Waals surface area contributed by atoms with Gasteiger partial charge in [-0.1, -0.05) is 6.92 Å². The fourth-order valence-electron chi connectivity index (χ4n) is 6.71. The first kappa shape index (κ1) is 32.2. The molecular formula is C33H41N5O6S. The van der Waals surface area contributed by atoms with E-state index < -0.39 is 11.9 Å². The monoisotopic (exact) mass is 635 g/mol. The van der Waals surface area contributed by atoms with E-state index in [-0.39, 0.29) is 48.6 Å². The van der Waals surface area contributed by atoms with Crippen molar-refractivity contribution in [2.75, 3.05) is 5.75 Å². The Hall–Kier alpha value is -4.19. The molecule has 45 heavy (non-hydrogen) atoms. The average molecular weight is 636 g/mol. The second-order valence-electron chi connectivity index (χ2n) is 12.3. The molecule has 0 bridgehead atoms. The Morgan fingerprint density at radius 2 is 1.64 bits per heavy atom. The second-order valence-corrected chi connectivity index (χ2v) is 13.5. The maximum atomic E-state index is 12.6. The largest absolute Gasteiger partial charge is 0.481 e. The number of amides is 2. The quantitative estimate of drug-likeness (QED) is 0.169. The summed E-state index contributed by atoms with van der Waals surface area (Å²) in [4.78, 5) is 51.7. The molecular weight excluding hydrogens is 594 g/mol. The molecule has 0 spiro atoms. The zero-order chi connectivity index (χ0) is 32.6. The molecule has 2 fully saturated rings. The Kier molecular flexibility index (Phi) is 9.33. The summed E-state index contributed by atoms with van der Waals surface area (Å²) >= 11 is 1.84. The number of aliphatic carboxylic acids is 2. The van der Waals surface area contributed by atoms with Gasteiger partial charge in [-0.15, -0.1) is 0 Å². The smallest absolute Gasteiger partial charge is 0.303 e. The Morgan fingerprint density at radius 1 is 0.978 bits per heavy atom. The topological polar surface area (TPSA) is 187 Å². The van der Waals surface area contributed by atoms with Gasteiger partial charge in [0.1, 0.15) is 0 Å². The van der Waals surface area contributed by atoms with Gasteiger partial charge in [0.15, 0.2) is 0 Å². The molecule has 1 aromatic heterocycles. The van der Waals surface area contributed by atoms with E-state index in [1.807, 2.05) is 51.6 Å². The van der Waals surface area contributed by atoms with Gasteiger partial charge in [-0.2, -0.15) is 11.8 Å². The van der Waals surface area contributed by atoms with Gasteiger partial charge in [-0.05, 0) is 92.3 Å². The lowest BCUT2D eigenvalue weighted by Gasteiger charge is -2.20. The lowest BCUT2D eigenvalue weighted by atomic mass is 9.91. The van der Waals surface area contributed by atoms with Gasteiger partial charge >= 0.3 is 11.9 Å². The van der Waals surface area contributed by atoms with Crippen LogP contribution in [0.4, 0.5) is 0 Å². The van der Waals surface area contributed by atoms with Gasteiger partial charge in [0.2, 0.25) is 5.91 Å². The van der Waals surface area contributed by atoms with E-state index in [9.17, 15) is 29.4 Å². The molecule has 0 radical (unpaired) electrons. The highest BCUT2D eigenvalue weighted by Crippen LogP contribution is 2.46. The van der Waals surface area contributed by atoms with Gasteiger partial charge in [-0.25, -0.2) is 0 Å². The van der Waals surface area contributed by atoms with Crippen LogP contribution in [-0.4, -0.2) is 62.0 Å². The molecule has 8 N–H and O–H groups in total. The van der Waals surface area contributed by atoms with Gasteiger partial charge in [-0.3, -0.25) is 19.2 Å². The minimum atomic E-state index is -0.903. The van der Waals surface area contributed by atoms with Crippen LogP contribution in [0.25, 0.3) is 12.2 Å². The zero-order valence-corrected chi connectivity index (χ0v) is 26.8. The number of carbonyl (C=O) groups excluding carboxylic acids is 2. The van der Waals surface area contributed by atoms with Crippen molar-refractivity contribution < 1.29 is 29.4 Å². The third-order valence-electron chi connectivity index (χ3n) is 9.44. The third kappa shape index (κ3) is 6.75. The van der Waals surface area contributed by atoms with E-state index >= 15 is 0 Å². The van der Waals surface area contributed by atoms with Crippen LogP contribution < -0.4 is 21.7 Å². The maximum Gasteiger partial charge on any atom is 0.303 e. The fraction of sp³-hybridized carbons (Fsp3) is 0.455. The van der Waals surface area contributed by atoms with Gasteiger partial charge in [0.25, 0.3) is 5.91 Å². The molecule has 4 aliphatic heterocycles. The van der Waals surface area contributed by atoms with Crippen molar-refractivity contribution in [2.45, 2.75) is 77.1 Å². The summed E-state index contributed by atoms with van der Waals surface area (Å²) in [5.41, 5.74) is 13.8. The Morgan fingerprint density at radius 3 is 2.29 bits per heavy atom. The van der Waals surface area contributed by atoms with Crippen LogP contribution in [0, 0.1) is 18.8 Å². The number of rotatable bonds is 12. The predicted molar refractivity (Wildman–Crippen MR) is 174 cm³/mol. The summed E-state index contributed by atoms with van der Waals surface area (Å²) in [6, 6.07) is -0.372. The molecule has 2 amide bonds. The maximum absolute atomic E-state index is 12.6. The number of thioether (sulfide) groups is 1. The number of carboxylic acids is 2. The van der Waals surface area contributed by atoms with Gasteiger partial charge < -0.3 is 36.9 Å². The SMILES string of the molecule is CC1=C(CCC(=O)O)/C(=C/c2[nH]c(/C=C3\NC(=O)[C@H](C)[C@H]3[C@@H]3CS3)c(C)c2CCC(=O)O)NC1C[C@H]1NC(=O)C(/C=C/N)=C1C. The summed E-state index contributed by atoms with van der Waals surface area (Å²) in [7, 11) is 0. The number of hydrogen-bond donors (Lipinski definition) is 7. The van der Waals surface area contributed by atoms with Crippen molar-refractivity contribution in [3.63, 3.8) is 0 Å². The molecule has 5 atom stereocenters. The summed E-state index contributed by atoms with van der Waals surface area (Å²) in [6.07, 6.45) is 7.95. The second kappa shape index (κ2) is 13.0. The number of allylic oxidation sites excluding steroid dienone is 2. The van der Waals surface area contributed by atoms with Crippen molar-refractivity contribution in [1.29, 1.82) is 0 Å². The van der Waals surface area contributed by atoms with Gasteiger partial charge in [0, 0.05) is 70.1 Å². The third-order valence-corrected chi connectivity index (χ3v) is 10.5. The highest BCUT2D eigenvalue weighted by Gasteiger charge is 2.45. The number of aromatic amines is 1. The van der Waals surface area contributed by atoms with Gasteiger partial charge in [0.05, 0.1) is 6.04 Å². The molecule has 5 rings (SSSR count). The normalized spacial score (nSPS) is 28.0. The number of carbonyl (C=O) groups is 4. The van der Waals surface area contributed by atoms with E-state index in [0.29, 0.717) is 30.1 Å². The van der Waals surface area contributed by atoms with Crippen molar-refractivity contribution in [3.8, 4) is 0 Å². The van der Waals surface area contributed by atoms with Crippen LogP contribution in [0.1, 0.15) is 69.0 Å². The molecule has 11 nitrogen and oxygen atoms in total. The summed E-state index contributed by atoms with van der Waals surface area (Å²) in [6.45, 7) is 7.79. The van der Waals surface area contributed by atoms with E-state index in [0.717, 1.165) is 56.4 Å². The number of aromatic nitrogens is 1. The summed E-state index contributed by atoms with van der Waals surface area (Å²) in [5.74, 6) is -0.960. The van der Waals surface area contributed by atoms with Crippen LogP contribution in [0.2, 0.25) is 0 Å². The number of hydrogen-bond acceptors (Lipinski definition) is 7. The molecule has 0 aliphatic carbocycles. The lowest BCUT2D eigenvalue weighted by Crippen LogP contribution is -2.36. The van der Waals surface area contributed by atoms with Crippen LogP contribution in [0.15, 0.2) is 46.0 Å². The van der Waals surface area contributed by atoms with E-state index in [2.05, 4.69) is 20.9 Å². The first-order chi connectivity index (χ1) is 21.4. The van der Waals surface area contributed by atoms with Crippen molar-refractivity contribution in [1.82, 2.24) is 20.9 Å². The average Bonchev–Trinajstić information content (AvgIpc) is 3.56. The van der Waals surface area contributed by atoms with Crippen LogP contribution in [0.3, 0.4) is 0 Å². The predicted octanol–water partition coefficient (Wildman–Crippen LogP) is 3.35. The van der Waals surface area contributed by atoms with E-state index in [1.165, 1.54) is 6.20 Å². The highest BCUT2D eigenvalue weighted by atomic mass is 32.2. The molecule has 1 unspecified atom stereocenters. The first-order valence-electron chi connectivity index (χ1n) is 15.3. The fourth-order valence-corrected chi connectivity index (χ4v) is 7.62. The number of nitrogens with two attached hydrogens (primary N) is 1. The molecule has 12 heteroatoms. The zero-order valence-electron chi connectivity index (χ0n) is 26.0. The van der Waals surface area contributed by atoms with Crippen molar-refractivity contribution >= 4 is 47.7 Å². The van der Waals surface area contributed by atoms with E-state index in [4.69, 9.17) is 5.73 Å². The molecule has 5 heterocycles. The lowest BCUT2D eigenvalue weighted by molar-refractivity contribution is -0.138. The molecule has 2 saturated heterocycles. The first-order valence-corrected chi connectivity index (χ1v) is 16.3.